The zero-order valence-corrected chi connectivity index (χ0v) is 14.4. The largest absolute Gasteiger partial charge is 0.417 e. The minimum absolute atomic E-state index is 0.170. The number of rotatable bonds is 5. The van der Waals surface area contributed by atoms with Crippen LogP contribution >= 0.6 is 11.6 Å². The van der Waals surface area contributed by atoms with E-state index in [9.17, 15) is 18.0 Å². The Hall–Kier alpha value is -2.28. The highest BCUT2D eigenvalue weighted by Crippen LogP contribution is 2.36. The number of hydrogen-bond donors (Lipinski definition) is 2. The molecule has 8 heteroatoms. The highest BCUT2D eigenvalue weighted by Gasteiger charge is 2.33. The molecule has 1 amide bonds. The van der Waals surface area contributed by atoms with E-state index < -0.39 is 11.7 Å². The molecule has 25 heavy (non-hydrogen) atoms. The van der Waals surface area contributed by atoms with Gasteiger partial charge in [-0.05, 0) is 36.2 Å². The Morgan fingerprint density at radius 3 is 2.60 bits per heavy atom. The van der Waals surface area contributed by atoms with E-state index in [4.69, 9.17) is 11.6 Å². The van der Waals surface area contributed by atoms with E-state index >= 15 is 0 Å². The first-order valence-electron chi connectivity index (χ1n) is 7.55. The molecule has 1 aromatic carbocycles. The third-order valence-electron chi connectivity index (χ3n) is 3.24. The average molecular weight is 372 g/mol. The topological polar surface area (TPSA) is 54.0 Å². The van der Waals surface area contributed by atoms with Crippen LogP contribution in [0, 0.1) is 5.92 Å². The van der Waals surface area contributed by atoms with Crippen LogP contribution < -0.4 is 10.6 Å². The predicted octanol–water partition coefficient (Wildman–Crippen LogP) is 4.88. The first kappa shape index (κ1) is 19.1. The summed E-state index contributed by atoms with van der Waals surface area (Å²) in [6.07, 6.45) is -3.14. The van der Waals surface area contributed by atoms with E-state index in [2.05, 4.69) is 15.6 Å². The molecule has 2 rings (SSSR count). The van der Waals surface area contributed by atoms with Gasteiger partial charge in [0.15, 0.2) is 0 Å². The van der Waals surface area contributed by atoms with Crippen molar-refractivity contribution in [1.82, 2.24) is 10.3 Å². The van der Waals surface area contributed by atoms with Gasteiger partial charge in [0.1, 0.15) is 5.82 Å². The van der Waals surface area contributed by atoms with E-state index in [1.54, 1.807) is 0 Å². The second-order valence-corrected chi connectivity index (χ2v) is 6.26. The van der Waals surface area contributed by atoms with E-state index in [-0.39, 0.29) is 22.4 Å². The monoisotopic (exact) mass is 371 g/mol. The van der Waals surface area contributed by atoms with Gasteiger partial charge in [-0.25, -0.2) is 4.98 Å². The molecule has 0 spiro atoms. The maximum Gasteiger partial charge on any atom is 0.417 e. The number of alkyl halides is 3. The number of hydrogen-bond acceptors (Lipinski definition) is 3. The van der Waals surface area contributed by atoms with Gasteiger partial charge in [0.05, 0.1) is 10.6 Å². The zero-order chi connectivity index (χ0) is 18.6. The normalized spacial score (nSPS) is 11.5. The van der Waals surface area contributed by atoms with Crippen molar-refractivity contribution >= 4 is 29.0 Å². The van der Waals surface area contributed by atoms with Gasteiger partial charge >= 0.3 is 6.18 Å². The van der Waals surface area contributed by atoms with Crippen LogP contribution in [0.1, 0.15) is 29.8 Å². The van der Waals surface area contributed by atoms with Crippen LogP contribution in [-0.4, -0.2) is 17.4 Å². The van der Waals surface area contributed by atoms with Crippen molar-refractivity contribution in [3.05, 3.63) is 52.7 Å². The summed E-state index contributed by atoms with van der Waals surface area (Å²) in [5, 5.41) is 5.14. The summed E-state index contributed by atoms with van der Waals surface area (Å²) in [7, 11) is 0. The van der Waals surface area contributed by atoms with Crippen molar-refractivity contribution < 1.29 is 18.0 Å². The summed E-state index contributed by atoms with van der Waals surface area (Å²) in [6, 6.07) is 6.47. The maximum atomic E-state index is 12.9. The molecule has 0 aliphatic carbocycles. The molecule has 0 aliphatic rings. The first-order chi connectivity index (χ1) is 11.7. The first-order valence-corrected chi connectivity index (χ1v) is 7.92. The maximum absolute atomic E-state index is 12.9. The van der Waals surface area contributed by atoms with Gasteiger partial charge in [0, 0.05) is 24.0 Å². The van der Waals surface area contributed by atoms with Gasteiger partial charge in [-0.2, -0.15) is 13.2 Å². The molecule has 2 N–H and O–H groups in total. The number of nitrogens with one attached hydrogen (secondary N) is 2. The number of benzene rings is 1. The van der Waals surface area contributed by atoms with E-state index in [1.807, 2.05) is 13.8 Å². The van der Waals surface area contributed by atoms with Gasteiger partial charge in [0.2, 0.25) is 0 Å². The number of amides is 1. The molecule has 4 nitrogen and oxygen atoms in total. The van der Waals surface area contributed by atoms with E-state index in [1.165, 1.54) is 24.4 Å². The molecule has 0 aliphatic heterocycles. The van der Waals surface area contributed by atoms with Crippen molar-refractivity contribution in [2.75, 3.05) is 11.9 Å². The summed E-state index contributed by atoms with van der Waals surface area (Å²) >= 11 is 5.59. The van der Waals surface area contributed by atoms with Gasteiger partial charge in [-0.15, -0.1) is 0 Å². The Balaban J connectivity index is 2.19. The molecule has 0 saturated carbocycles. The number of pyridine rings is 1. The number of halogens is 4. The highest BCUT2D eigenvalue weighted by atomic mass is 35.5. The molecule has 1 heterocycles. The number of carbonyl (C=O) groups is 1. The average Bonchev–Trinajstić information content (AvgIpc) is 2.53. The summed E-state index contributed by atoms with van der Waals surface area (Å²) in [5.74, 6) is 0.289. The Morgan fingerprint density at radius 1 is 1.24 bits per heavy atom. The fourth-order valence-electron chi connectivity index (χ4n) is 2.01. The second-order valence-electron chi connectivity index (χ2n) is 5.85. The Kier molecular flexibility index (Phi) is 5.89. The molecule has 0 fully saturated rings. The van der Waals surface area contributed by atoms with Crippen molar-refractivity contribution in [3.63, 3.8) is 0 Å². The molecule has 1 aromatic heterocycles. The summed E-state index contributed by atoms with van der Waals surface area (Å²) in [4.78, 5) is 16.1. The van der Waals surface area contributed by atoms with Gasteiger partial charge < -0.3 is 10.6 Å². The fourth-order valence-corrected chi connectivity index (χ4v) is 2.23. The smallest absolute Gasteiger partial charge is 0.352 e. The summed E-state index contributed by atoms with van der Waals surface area (Å²) < 4.78 is 38.7. The minimum atomic E-state index is -4.55. The second kappa shape index (κ2) is 7.74. The quantitative estimate of drug-likeness (QED) is 0.787. The molecule has 0 bridgehead atoms. The van der Waals surface area contributed by atoms with Crippen LogP contribution in [0.2, 0.25) is 5.02 Å². The number of carbonyl (C=O) groups excluding carboxylic acids is 1. The third kappa shape index (κ3) is 5.35. The van der Waals surface area contributed by atoms with Crippen LogP contribution in [0.3, 0.4) is 0 Å². The zero-order valence-electron chi connectivity index (χ0n) is 13.6. The molecular weight excluding hydrogens is 355 g/mol. The van der Waals surface area contributed by atoms with Crippen LogP contribution in [0.4, 0.5) is 24.7 Å². The van der Waals surface area contributed by atoms with E-state index in [0.717, 1.165) is 12.1 Å². The lowest BCUT2D eigenvalue weighted by atomic mass is 10.2. The Morgan fingerprint density at radius 2 is 1.96 bits per heavy atom. The number of anilines is 2. The molecule has 0 unspecified atom stereocenters. The molecule has 0 atom stereocenters. The lowest BCUT2D eigenvalue weighted by Crippen LogP contribution is -2.27. The van der Waals surface area contributed by atoms with Crippen LogP contribution in [0.5, 0.6) is 0 Å². The van der Waals surface area contributed by atoms with Crippen LogP contribution in [-0.2, 0) is 6.18 Å². The Bertz CT molecular complexity index is 763. The Labute approximate surface area is 148 Å². The van der Waals surface area contributed by atoms with Crippen molar-refractivity contribution in [3.8, 4) is 0 Å². The predicted molar refractivity (Wildman–Crippen MR) is 91.1 cm³/mol. The van der Waals surface area contributed by atoms with Crippen molar-refractivity contribution in [2.45, 2.75) is 20.0 Å². The molecule has 2 aromatic rings. The number of aromatic nitrogens is 1. The minimum Gasteiger partial charge on any atom is -0.352 e. The summed E-state index contributed by atoms with van der Waals surface area (Å²) in [5.41, 5.74) is -0.405. The lowest BCUT2D eigenvalue weighted by Gasteiger charge is -2.13. The number of nitrogens with zero attached hydrogens (tertiary/aromatic N) is 1. The lowest BCUT2D eigenvalue weighted by molar-refractivity contribution is -0.137. The van der Waals surface area contributed by atoms with Crippen LogP contribution in [0.25, 0.3) is 0 Å². The fraction of sp³-hybridized carbons (Fsp3) is 0.294. The summed E-state index contributed by atoms with van der Waals surface area (Å²) in [6.45, 7) is 4.47. The van der Waals surface area contributed by atoms with Crippen molar-refractivity contribution in [1.29, 1.82) is 0 Å². The molecular formula is C17H17ClF3N3O. The van der Waals surface area contributed by atoms with E-state index in [0.29, 0.717) is 18.0 Å². The molecule has 0 saturated heterocycles. The van der Waals surface area contributed by atoms with Gasteiger partial charge in [-0.3, -0.25) is 4.79 Å². The van der Waals surface area contributed by atoms with Gasteiger partial charge in [-0.1, -0.05) is 25.4 Å². The SMILES string of the molecule is CC(C)CNC(=O)c1ccnc(Nc2ccc(Cl)c(C(F)(F)F)c2)c1. The molecule has 0 radical (unpaired) electrons. The van der Waals surface area contributed by atoms with Gasteiger partial charge in [0.25, 0.3) is 5.91 Å². The highest BCUT2D eigenvalue weighted by molar-refractivity contribution is 6.31. The standard InChI is InChI=1S/C17H17ClF3N3O/c1-10(2)9-23-16(25)11-5-6-22-15(7-11)24-12-3-4-14(18)13(8-12)17(19,20)21/h3-8,10H,9H2,1-2H3,(H,22,24)(H,23,25). The van der Waals surface area contributed by atoms with Crippen LogP contribution in [0.15, 0.2) is 36.5 Å². The third-order valence-corrected chi connectivity index (χ3v) is 3.57. The molecule has 134 valence electrons. The van der Waals surface area contributed by atoms with Crippen molar-refractivity contribution in [2.24, 2.45) is 5.92 Å².